The smallest absolute Gasteiger partial charge is 0.120 e. The Morgan fingerprint density at radius 1 is 1.00 bits per heavy atom. The molecule has 0 radical (unpaired) electrons. The quantitative estimate of drug-likeness (QED) is 0.631. The van der Waals surface area contributed by atoms with E-state index in [1.807, 2.05) is 24.3 Å². The largest absolute Gasteiger partial charge is 0.489 e. The summed E-state index contributed by atoms with van der Waals surface area (Å²) in [6, 6.07) is 14.3. The lowest BCUT2D eigenvalue weighted by Gasteiger charge is -2.09. The summed E-state index contributed by atoms with van der Waals surface area (Å²) in [7, 11) is 1.70. The van der Waals surface area contributed by atoms with Gasteiger partial charge in [0.25, 0.3) is 0 Å². The average Bonchev–Trinajstić information content (AvgIpc) is 2.47. The van der Waals surface area contributed by atoms with E-state index >= 15 is 0 Å². The normalized spacial score (nSPS) is 10.6. The molecule has 0 bridgehead atoms. The van der Waals surface area contributed by atoms with Crippen LogP contribution in [0.25, 0.3) is 0 Å². The van der Waals surface area contributed by atoms with Gasteiger partial charge in [0.1, 0.15) is 12.4 Å². The minimum atomic E-state index is 0.556. The molecule has 0 spiro atoms. The third kappa shape index (κ3) is 4.33. The predicted octanol–water partition coefficient (Wildman–Crippen LogP) is 5.07. The summed E-state index contributed by atoms with van der Waals surface area (Å²) in [5, 5.41) is 0.800. The molecule has 0 aliphatic rings. The zero-order chi connectivity index (χ0) is 14.4. The molecule has 2 nitrogen and oxygen atoms in total. The van der Waals surface area contributed by atoms with Crippen LogP contribution in [0, 0.1) is 0 Å². The minimum Gasteiger partial charge on any atom is -0.489 e. The van der Waals surface area contributed by atoms with Crippen LogP contribution in [-0.4, -0.2) is 7.11 Å². The fraction of sp³-hybridized carbons (Fsp3) is 0.250. The highest BCUT2D eigenvalue weighted by molar-refractivity contribution is 9.10. The highest BCUT2D eigenvalue weighted by Crippen LogP contribution is 2.25. The molecule has 0 amide bonds. The van der Waals surface area contributed by atoms with Crippen LogP contribution in [0.15, 0.2) is 46.9 Å². The van der Waals surface area contributed by atoms with E-state index in [0.29, 0.717) is 13.2 Å². The van der Waals surface area contributed by atoms with Crippen molar-refractivity contribution in [1.29, 1.82) is 0 Å². The molecule has 106 valence electrons. The van der Waals surface area contributed by atoms with Crippen LogP contribution in [0.3, 0.4) is 0 Å². The van der Waals surface area contributed by atoms with Gasteiger partial charge in [0.05, 0.1) is 6.61 Å². The first-order chi connectivity index (χ1) is 9.72. The van der Waals surface area contributed by atoms with Gasteiger partial charge in [0, 0.05) is 16.9 Å². The Hall–Kier alpha value is -0.840. The number of halogens is 2. The summed E-state index contributed by atoms with van der Waals surface area (Å²) in [6.45, 7) is 1.18. The predicted molar refractivity (Wildman–Crippen MR) is 88.3 cm³/mol. The summed E-state index contributed by atoms with van der Waals surface area (Å²) < 4.78 is 12.1. The van der Waals surface area contributed by atoms with Crippen molar-refractivity contribution in [3.63, 3.8) is 0 Å². The number of ether oxygens (including phenoxy) is 2. The van der Waals surface area contributed by atoms with Crippen LogP contribution in [0.4, 0.5) is 0 Å². The second-order valence-electron chi connectivity index (χ2n) is 4.43. The molecular weight excluding hydrogens is 384 g/mol. The van der Waals surface area contributed by atoms with Crippen molar-refractivity contribution in [2.24, 2.45) is 0 Å². The van der Waals surface area contributed by atoms with Crippen LogP contribution in [0.5, 0.6) is 5.75 Å². The lowest BCUT2D eigenvalue weighted by atomic mass is 10.1. The van der Waals surface area contributed by atoms with E-state index in [1.165, 1.54) is 5.56 Å². The standard InChI is InChI=1S/C16H16Br2O2/c1-19-10-12-3-2-4-13(7-12)11-20-15-5-6-16(18)14(8-15)9-17/h2-8H,9-11H2,1H3. The fourth-order valence-electron chi connectivity index (χ4n) is 1.89. The molecule has 0 saturated carbocycles. The summed E-state index contributed by atoms with van der Waals surface area (Å²) in [5.74, 6) is 0.875. The molecule has 2 rings (SSSR count). The zero-order valence-corrected chi connectivity index (χ0v) is 14.4. The third-order valence-corrected chi connectivity index (χ3v) is 4.25. The molecule has 0 N–H and O–H groups in total. The van der Waals surface area contributed by atoms with Crippen molar-refractivity contribution < 1.29 is 9.47 Å². The monoisotopic (exact) mass is 398 g/mol. The highest BCUT2D eigenvalue weighted by Gasteiger charge is 2.02. The highest BCUT2D eigenvalue weighted by atomic mass is 79.9. The van der Waals surface area contributed by atoms with Gasteiger partial charge in [-0.15, -0.1) is 0 Å². The fourth-order valence-corrected chi connectivity index (χ4v) is 3.11. The molecule has 0 aliphatic heterocycles. The number of hydrogen-bond donors (Lipinski definition) is 0. The van der Waals surface area contributed by atoms with E-state index in [-0.39, 0.29) is 0 Å². The molecule has 20 heavy (non-hydrogen) atoms. The Balaban J connectivity index is 2.03. The van der Waals surface area contributed by atoms with Crippen LogP contribution in [-0.2, 0) is 23.3 Å². The van der Waals surface area contributed by atoms with Gasteiger partial charge in [-0.1, -0.05) is 56.1 Å². The maximum absolute atomic E-state index is 5.84. The van der Waals surface area contributed by atoms with E-state index < -0.39 is 0 Å². The van der Waals surface area contributed by atoms with E-state index in [4.69, 9.17) is 9.47 Å². The molecule has 2 aromatic carbocycles. The number of methoxy groups -OCH3 is 1. The SMILES string of the molecule is COCc1cccc(COc2ccc(Br)c(CBr)c2)c1. The Morgan fingerprint density at radius 2 is 1.75 bits per heavy atom. The van der Waals surface area contributed by atoms with Gasteiger partial charge in [-0.25, -0.2) is 0 Å². The topological polar surface area (TPSA) is 18.5 Å². The number of benzene rings is 2. The Kier molecular flexibility index (Phi) is 6.07. The van der Waals surface area contributed by atoms with E-state index in [2.05, 4.69) is 50.1 Å². The van der Waals surface area contributed by atoms with Gasteiger partial charge in [-0.3, -0.25) is 0 Å². The van der Waals surface area contributed by atoms with Crippen molar-refractivity contribution in [3.8, 4) is 5.75 Å². The van der Waals surface area contributed by atoms with Crippen molar-refractivity contribution in [2.75, 3.05) is 7.11 Å². The van der Waals surface area contributed by atoms with Gasteiger partial charge in [0.2, 0.25) is 0 Å². The van der Waals surface area contributed by atoms with Gasteiger partial charge in [-0.2, -0.15) is 0 Å². The van der Waals surface area contributed by atoms with Crippen LogP contribution in [0.2, 0.25) is 0 Å². The Bertz CT molecular complexity index is 570. The molecule has 0 unspecified atom stereocenters. The first-order valence-corrected chi connectivity index (χ1v) is 8.18. The van der Waals surface area contributed by atoms with Crippen molar-refractivity contribution >= 4 is 31.9 Å². The second kappa shape index (κ2) is 7.81. The van der Waals surface area contributed by atoms with Gasteiger partial charge in [0.15, 0.2) is 0 Å². The molecule has 0 heterocycles. The van der Waals surface area contributed by atoms with Crippen LogP contribution >= 0.6 is 31.9 Å². The lowest BCUT2D eigenvalue weighted by Crippen LogP contribution is -1.97. The molecule has 0 saturated heterocycles. The Morgan fingerprint density at radius 3 is 2.45 bits per heavy atom. The maximum atomic E-state index is 5.84. The summed E-state index contributed by atoms with van der Waals surface area (Å²) in [5.41, 5.74) is 3.48. The van der Waals surface area contributed by atoms with E-state index in [1.54, 1.807) is 7.11 Å². The van der Waals surface area contributed by atoms with Crippen LogP contribution < -0.4 is 4.74 Å². The molecule has 0 fully saturated rings. The van der Waals surface area contributed by atoms with Gasteiger partial charge in [-0.05, 0) is 34.9 Å². The minimum absolute atomic E-state index is 0.556. The van der Waals surface area contributed by atoms with Crippen molar-refractivity contribution in [2.45, 2.75) is 18.5 Å². The molecule has 2 aromatic rings. The molecular formula is C16H16Br2O2. The van der Waals surface area contributed by atoms with E-state index in [0.717, 1.165) is 26.7 Å². The second-order valence-corrected chi connectivity index (χ2v) is 5.84. The Labute approximate surface area is 136 Å². The first-order valence-electron chi connectivity index (χ1n) is 6.27. The van der Waals surface area contributed by atoms with Crippen LogP contribution in [0.1, 0.15) is 16.7 Å². The summed E-state index contributed by atoms with van der Waals surface area (Å²) in [6.07, 6.45) is 0. The molecule has 4 heteroatoms. The van der Waals surface area contributed by atoms with Gasteiger partial charge < -0.3 is 9.47 Å². The van der Waals surface area contributed by atoms with Crippen molar-refractivity contribution in [3.05, 3.63) is 63.6 Å². The maximum Gasteiger partial charge on any atom is 0.120 e. The zero-order valence-electron chi connectivity index (χ0n) is 11.2. The molecule has 0 atom stereocenters. The van der Waals surface area contributed by atoms with Crippen molar-refractivity contribution in [1.82, 2.24) is 0 Å². The number of rotatable bonds is 6. The third-order valence-electron chi connectivity index (χ3n) is 2.87. The lowest BCUT2D eigenvalue weighted by molar-refractivity contribution is 0.184. The summed E-state index contributed by atoms with van der Waals surface area (Å²) >= 11 is 6.98. The van der Waals surface area contributed by atoms with E-state index in [9.17, 15) is 0 Å². The summed E-state index contributed by atoms with van der Waals surface area (Å²) in [4.78, 5) is 0. The average molecular weight is 400 g/mol. The number of hydrogen-bond acceptors (Lipinski definition) is 2. The molecule has 0 aromatic heterocycles. The molecule has 0 aliphatic carbocycles. The first kappa shape index (κ1) is 15.5. The number of alkyl halides is 1. The van der Waals surface area contributed by atoms with Gasteiger partial charge >= 0.3 is 0 Å².